The maximum atomic E-state index is 12.8. The molecule has 0 aliphatic heterocycles. The summed E-state index contributed by atoms with van der Waals surface area (Å²) in [7, 11) is 0. The third-order valence-electron chi connectivity index (χ3n) is 4.62. The Kier molecular flexibility index (Phi) is 4.79. The fourth-order valence-electron chi connectivity index (χ4n) is 2.99. The van der Waals surface area contributed by atoms with Crippen molar-refractivity contribution in [3.05, 3.63) is 45.9 Å². The number of carbonyl (C=O) groups is 1. The molecule has 9 nitrogen and oxygen atoms in total. The van der Waals surface area contributed by atoms with Crippen LogP contribution in [-0.4, -0.2) is 35.3 Å². The molecule has 1 amide bonds. The second-order valence-corrected chi connectivity index (χ2v) is 7.43. The Labute approximate surface area is 167 Å². The summed E-state index contributed by atoms with van der Waals surface area (Å²) in [6, 6.07) is 2.40. The molecule has 1 fully saturated rings. The summed E-state index contributed by atoms with van der Waals surface area (Å²) in [5, 5.41) is 10.9. The van der Waals surface area contributed by atoms with Gasteiger partial charge in [0.05, 0.1) is 5.69 Å². The average molecular weight is 421 g/mol. The molecule has 0 bridgehead atoms. The van der Waals surface area contributed by atoms with E-state index in [4.69, 9.17) is 0 Å². The van der Waals surface area contributed by atoms with Gasteiger partial charge in [-0.15, -0.1) is 0 Å². The molecule has 12 heteroatoms. The summed E-state index contributed by atoms with van der Waals surface area (Å²) in [5.41, 5.74) is -0.577. The Morgan fingerprint density at radius 3 is 2.67 bits per heavy atom. The first kappa shape index (κ1) is 20.0. The van der Waals surface area contributed by atoms with Gasteiger partial charge < -0.3 is 0 Å². The van der Waals surface area contributed by atoms with Crippen molar-refractivity contribution in [2.24, 2.45) is 0 Å². The molecule has 0 radical (unpaired) electrons. The first-order chi connectivity index (χ1) is 14.1. The Morgan fingerprint density at radius 2 is 2.03 bits per heavy atom. The fourth-order valence-corrected chi connectivity index (χ4v) is 2.99. The Bertz CT molecular complexity index is 1180. The molecule has 0 unspecified atom stereocenters. The van der Waals surface area contributed by atoms with Gasteiger partial charge in [-0.05, 0) is 25.0 Å². The monoisotopic (exact) mass is 421 g/mol. The standard InChI is InChI=1S/C18H18F3N7O2/c1-9(2)15-26-27(16(30)12-7-11(10-3-4-10)25-28(12)15)8-14(29)24-17-22-6-5-13(23-17)18(19,20)21/h5-7,9-10H,3-4,8H2,1-2H3,(H,22,23,24,29). The van der Waals surface area contributed by atoms with Gasteiger partial charge in [0, 0.05) is 18.0 Å². The number of rotatable bonds is 5. The van der Waals surface area contributed by atoms with Gasteiger partial charge in [0.2, 0.25) is 11.9 Å². The van der Waals surface area contributed by atoms with Gasteiger partial charge in [-0.3, -0.25) is 14.9 Å². The van der Waals surface area contributed by atoms with Crippen molar-refractivity contribution in [3.63, 3.8) is 0 Å². The molecular weight excluding hydrogens is 403 g/mol. The van der Waals surface area contributed by atoms with E-state index in [-0.39, 0.29) is 5.92 Å². The zero-order valence-corrected chi connectivity index (χ0v) is 16.1. The lowest BCUT2D eigenvalue weighted by atomic mass is 10.2. The lowest BCUT2D eigenvalue weighted by Crippen LogP contribution is -2.33. The molecule has 1 aliphatic rings. The van der Waals surface area contributed by atoms with Crippen LogP contribution >= 0.6 is 0 Å². The number of carbonyl (C=O) groups excluding carboxylic acids is 1. The molecule has 3 aromatic heterocycles. The molecule has 0 atom stereocenters. The largest absolute Gasteiger partial charge is 0.433 e. The van der Waals surface area contributed by atoms with E-state index in [0.29, 0.717) is 23.3 Å². The lowest BCUT2D eigenvalue weighted by Gasteiger charge is -2.12. The molecule has 158 valence electrons. The number of nitrogens with one attached hydrogen (secondary N) is 1. The van der Waals surface area contributed by atoms with Gasteiger partial charge in [0.1, 0.15) is 17.8 Å². The van der Waals surface area contributed by atoms with Crippen molar-refractivity contribution in [1.29, 1.82) is 0 Å². The smallest absolute Gasteiger partial charge is 0.293 e. The van der Waals surface area contributed by atoms with E-state index in [1.807, 2.05) is 13.8 Å². The van der Waals surface area contributed by atoms with E-state index in [1.165, 1.54) is 4.52 Å². The van der Waals surface area contributed by atoms with Crippen LogP contribution in [-0.2, 0) is 17.5 Å². The number of halogens is 3. The van der Waals surface area contributed by atoms with Gasteiger partial charge in [-0.25, -0.2) is 19.2 Å². The predicted octanol–water partition coefficient (Wildman–Crippen LogP) is 2.34. The van der Waals surface area contributed by atoms with Crippen LogP contribution in [0.25, 0.3) is 5.52 Å². The number of amides is 1. The molecule has 30 heavy (non-hydrogen) atoms. The minimum Gasteiger partial charge on any atom is -0.293 e. The van der Waals surface area contributed by atoms with E-state index in [9.17, 15) is 22.8 Å². The molecule has 0 saturated heterocycles. The van der Waals surface area contributed by atoms with E-state index >= 15 is 0 Å². The molecule has 1 N–H and O–H groups in total. The van der Waals surface area contributed by atoms with Crippen LogP contribution in [0, 0.1) is 0 Å². The van der Waals surface area contributed by atoms with E-state index in [0.717, 1.165) is 29.4 Å². The summed E-state index contributed by atoms with van der Waals surface area (Å²) in [4.78, 5) is 32.1. The van der Waals surface area contributed by atoms with Crippen molar-refractivity contribution in [2.45, 2.75) is 51.2 Å². The highest BCUT2D eigenvalue weighted by atomic mass is 19.4. The maximum absolute atomic E-state index is 12.8. The van der Waals surface area contributed by atoms with Crippen LogP contribution in [0.3, 0.4) is 0 Å². The molecule has 0 spiro atoms. The average Bonchev–Trinajstić information content (AvgIpc) is 3.42. The van der Waals surface area contributed by atoms with Crippen LogP contribution in [0.4, 0.5) is 19.1 Å². The van der Waals surface area contributed by atoms with Crippen LogP contribution in [0.15, 0.2) is 23.1 Å². The van der Waals surface area contributed by atoms with Crippen molar-refractivity contribution < 1.29 is 18.0 Å². The fraction of sp³-hybridized carbons (Fsp3) is 0.444. The SMILES string of the molecule is CC(C)c1nn(CC(=O)Nc2nccc(C(F)(F)F)n2)c(=O)c2cc(C3CC3)nn12. The Balaban J connectivity index is 1.62. The number of hydrogen-bond acceptors (Lipinski definition) is 6. The molecule has 1 saturated carbocycles. The van der Waals surface area contributed by atoms with Gasteiger partial charge >= 0.3 is 6.18 Å². The van der Waals surface area contributed by atoms with Crippen molar-refractivity contribution in [2.75, 3.05) is 5.32 Å². The quantitative estimate of drug-likeness (QED) is 0.678. The maximum Gasteiger partial charge on any atom is 0.433 e. The first-order valence-electron chi connectivity index (χ1n) is 9.34. The number of fused-ring (bicyclic) bond motifs is 1. The van der Waals surface area contributed by atoms with Crippen LogP contribution in [0.5, 0.6) is 0 Å². The number of hydrogen-bond donors (Lipinski definition) is 1. The topological polar surface area (TPSA) is 107 Å². The van der Waals surface area contributed by atoms with E-state index in [1.54, 1.807) is 6.07 Å². The highest BCUT2D eigenvalue weighted by Gasteiger charge is 2.33. The lowest BCUT2D eigenvalue weighted by molar-refractivity contribution is -0.141. The second kappa shape index (κ2) is 7.18. The molecular formula is C18H18F3N7O2. The van der Waals surface area contributed by atoms with E-state index in [2.05, 4.69) is 25.5 Å². The van der Waals surface area contributed by atoms with Crippen LogP contribution in [0.1, 0.15) is 55.7 Å². The van der Waals surface area contributed by atoms with Gasteiger partial charge in [0.15, 0.2) is 5.82 Å². The van der Waals surface area contributed by atoms with Crippen molar-refractivity contribution in [1.82, 2.24) is 29.4 Å². The van der Waals surface area contributed by atoms with Crippen molar-refractivity contribution in [3.8, 4) is 0 Å². The summed E-state index contributed by atoms with van der Waals surface area (Å²) < 4.78 is 40.8. The molecule has 0 aromatic carbocycles. The molecule has 1 aliphatic carbocycles. The number of alkyl halides is 3. The molecule has 4 rings (SSSR count). The third-order valence-corrected chi connectivity index (χ3v) is 4.62. The Hall–Kier alpha value is -3.31. The second-order valence-electron chi connectivity index (χ2n) is 7.43. The minimum atomic E-state index is -4.67. The van der Waals surface area contributed by atoms with E-state index < -0.39 is 35.8 Å². The van der Waals surface area contributed by atoms with Gasteiger partial charge in [0.25, 0.3) is 5.56 Å². The number of aromatic nitrogens is 6. The number of nitrogens with zero attached hydrogens (tertiary/aromatic N) is 6. The van der Waals surface area contributed by atoms with Gasteiger partial charge in [-0.1, -0.05) is 13.8 Å². The highest BCUT2D eigenvalue weighted by Crippen LogP contribution is 2.39. The third kappa shape index (κ3) is 3.89. The summed E-state index contributed by atoms with van der Waals surface area (Å²) in [5.74, 6) is -0.529. The summed E-state index contributed by atoms with van der Waals surface area (Å²) in [6.45, 7) is 3.26. The molecule has 3 aromatic rings. The number of anilines is 1. The summed E-state index contributed by atoms with van der Waals surface area (Å²) in [6.07, 6.45) is -1.74. The minimum absolute atomic E-state index is 0.0823. The normalized spacial score (nSPS) is 14.5. The molecule has 3 heterocycles. The zero-order valence-electron chi connectivity index (χ0n) is 16.1. The van der Waals surface area contributed by atoms with Gasteiger partial charge in [-0.2, -0.15) is 23.4 Å². The first-order valence-corrected chi connectivity index (χ1v) is 9.34. The zero-order chi connectivity index (χ0) is 21.6. The predicted molar refractivity (Wildman–Crippen MR) is 99.0 cm³/mol. The highest BCUT2D eigenvalue weighted by molar-refractivity contribution is 5.88. The Morgan fingerprint density at radius 1 is 1.30 bits per heavy atom. The summed E-state index contributed by atoms with van der Waals surface area (Å²) >= 11 is 0. The van der Waals surface area contributed by atoms with Crippen LogP contribution in [0.2, 0.25) is 0 Å². The van der Waals surface area contributed by atoms with Crippen LogP contribution < -0.4 is 10.9 Å². The van der Waals surface area contributed by atoms with Crippen molar-refractivity contribution >= 4 is 17.4 Å².